The van der Waals surface area contributed by atoms with Crippen molar-refractivity contribution in [3.63, 3.8) is 0 Å². The van der Waals surface area contributed by atoms with E-state index < -0.39 is 0 Å². The SMILES string of the molecule is CCOc1cc2c(cc1CN=C(NCCc1ccco1)NCC1CCOC1)OC(C)C2.I. The highest BCUT2D eigenvalue weighted by Crippen LogP contribution is 2.35. The van der Waals surface area contributed by atoms with Crippen LogP contribution in [0.2, 0.25) is 0 Å². The van der Waals surface area contributed by atoms with E-state index in [0.29, 0.717) is 19.1 Å². The van der Waals surface area contributed by atoms with E-state index in [1.54, 1.807) is 6.26 Å². The molecule has 1 fully saturated rings. The minimum absolute atomic E-state index is 0. The Kier molecular flexibility index (Phi) is 9.52. The number of furan rings is 1. The van der Waals surface area contributed by atoms with Gasteiger partial charge in [-0.15, -0.1) is 24.0 Å². The van der Waals surface area contributed by atoms with E-state index in [4.69, 9.17) is 23.6 Å². The molecule has 0 saturated carbocycles. The van der Waals surface area contributed by atoms with Crippen LogP contribution >= 0.6 is 24.0 Å². The molecule has 1 aromatic heterocycles. The first kappa shape index (κ1) is 24.7. The number of hydrogen-bond donors (Lipinski definition) is 2. The van der Waals surface area contributed by atoms with Crippen LogP contribution in [0.4, 0.5) is 0 Å². The fourth-order valence-corrected chi connectivity index (χ4v) is 3.98. The first-order valence-electron chi connectivity index (χ1n) is 11.3. The molecule has 1 saturated heterocycles. The predicted molar refractivity (Wildman–Crippen MR) is 135 cm³/mol. The Hall–Kier alpha value is -1.94. The molecular weight excluding hydrogens is 521 g/mol. The highest BCUT2D eigenvalue weighted by molar-refractivity contribution is 14.0. The van der Waals surface area contributed by atoms with Crippen LogP contribution in [0.15, 0.2) is 39.9 Å². The van der Waals surface area contributed by atoms with Crippen molar-refractivity contribution in [3.05, 3.63) is 47.4 Å². The molecule has 2 aliphatic heterocycles. The van der Waals surface area contributed by atoms with Crippen molar-refractivity contribution in [1.82, 2.24) is 10.6 Å². The fourth-order valence-electron chi connectivity index (χ4n) is 3.98. The van der Waals surface area contributed by atoms with Gasteiger partial charge in [-0.25, -0.2) is 4.99 Å². The smallest absolute Gasteiger partial charge is 0.191 e. The monoisotopic (exact) mass is 555 g/mol. The quantitative estimate of drug-likeness (QED) is 0.278. The molecule has 2 aromatic rings. The fraction of sp³-hybridized carbons (Fsp3) is 0.542. The van der Waals surface area contributed by atoms with E-state index in [9.17, 15) is 0 Å². The third kappa shape index (κ3) is 6.78. The zero-order valence-electron chi connectivity index (χ0n) is 18.9. The summed E-state index contributed by atoms with van der Waals surface area (Å²) in [4.78, 5) is 4.85. The number of hydrogen-bond acceptors (Lipinski definition) is 5. The maximum absolute atomic E-state index is 5.95. The van der Waals surface area contributed by atoms with Crippen LogP contribution in [-0.4, -0.2) is 45.0 Å². The number of fused-ring (bicyclic) bond motifs is 1. The van der Waals surface area contributed by atoms with Gasteiger partial charge >= 0.3 is 0 Å². The van der Waals surface area contributed by atoms with Crippen LogP contribution in [0.25, 0.3) is 0 Å². The van der Waals surface area contributed by atoms with Gasteiger partial charge in [0.25, 0.3) is 0 Å². The molecule has 32 heavy (non-hydrogen) atoms. The van der Waals surface area contributed by atoms with Gasteiger partial charge in [0, 0.05) is 49.6 Å². The molecular formula is C24H34IN3O4. The summed E-state index contributed by atoms with van der Waals surface area (Å²) >= 11 is 0. The van der Waals surface area contributed by atoms with E-state index >= 15 is 0 Å². The van der Waals surface area contributed by atoms with Crippen molar-refractivity contribution >= 4 is 29.9 Å². The second-order valence-corrected chi connectivity index (χ2v) is 8.16. The number of nitrogens with zero attached hydrogens (tertiary/aromatic N) is 1. The molecule has 3 heterocycles. The van der Waals surface area contributed by atoms with Crippen LogP contribution in [-0.2, 0) is 24.1 Å². The predicted octanol–water partition coefficient (Wildman–Crippen LogP) is 3.93. The lowest BCUT2D eigenvalue weighted by Crippen LogP contribution is -2.40. The van der Waals surface area contributed by atoms with Gasteiger partial charge in [-0.2, -0.15) is 0 Å². The molecule has 1 aromatic carbocycles. The van der Waals surface area contributed by atoms with E-state index in [1.165, 1.54) is 5.56 Å². The number of benzene rings is 1. The summed E-state index contributed by atoms with van der Waals surface area (Å²) in [7, 11) is 0. The average Bonchev–Trinajstić information content (AvgIpc) is 3.51. The minimum Gasteiger partial charge on any atom is -0.494 e. The first-order chi connectivity index (χ1) is 15.2. The summed E-state index contributed by atoms with van der Waals surface area (Å²) in [6, 6.07) is 8.09. The van der Waals surface area contributed by atoms with Crippen LogP contribution in [0.1, 0.15) is 37.2 Å². The number of ether oxygens (including phenoxy) is 3. The van der Waals surface area contributed by atoms with Crippen molar-refractivity contribution in [2.45, 2.75) is 45.8 Å². The van der Waals surface area contributed by atoms with Gasteiger partial charge < -0.3 is 29.3 Å². The van der Waals surface area contributed by atoms with Gasteiger partial charge in [-0.05, 0) is 44.5 Å². The van der Waals surface area contributed by atoms with Crippen LogP contribution < -0.4 is 20.1 Å². The Labute approximate surface area is 207 Å². The number of halogens is 1. The Balaban J connectivity index is 0.00000289. The number of guanidine groups is 1. The second kappa shape index (κ2) is 12.3. The molecule has 7 nitrogen and oxygen atoms in total. The van der Waals surface area contributed by atoms with Crippen molar-refractivity contribution in [3.8, 4) is 11.5 Å². The Morgan fingerprint density at radius 1 is 1.28 bits per heavy atom. The summed E-state index contributed by atoms with van der Waals surface area (Å²) in [6.07, 6.45) is 4.71. The highest BCUT2D eigenvalue weighted by Gasteiger charge is 2.22. The molecule has 176 valence electrons. The second-order valence-electron chi connectivity index (χ2n) is 8.16. The minimum atomic E-state index is 0. The molecule has 2 atom stereocenters. The van der Waals surface area contributed by atoms with Crippen LogP contribution in [0.3, 0.4) is 0 Å². The first-order valence-corrected chi connectivity index (χ1v) is 11.3. The molecule has 8 heteroatoms. The molecule has 2 aliphatic rings. The summed E-state index contributed by atoms with van der Waals surface area (Å²) in [6.45, 7) is 8.47. The summed E-state index contributed by atoms with van der Waals surface area (Å²) < 4.78 is 22.8. The van der Waals surface area contributed by atoms with Gasteiger partial charge in [-0.3, -0.25) is 0 Å². The van der Waals surface area contributed by atoms with E-state index in [2.05, 4.69) is 29.7 Å². The standard InChI is InChI=1S/C24H33N3O4.HI/c1-3-29-22-12-19-11-17(2)31-23(19)13-20(22)15-27-24(26-14-18-7-10-28-16-18)25-8-6-21-5-4-9-30-21;/h4-5,9,12-13,17-18H,3,6-8,10-11,14-16H2,1-2H3,(H2,25,26,27);1H. The third-order valence-corrected chi connectivity index (χ3v) is 5.61. The topological polar surface area (TPSA) is 77.2 Å². The largest absolute Gasteiger partial charge is 0.494 e. The zero-order valence-corrected chi connectivity index (χ0v) is 21.2. The molecule has 2 N–H and O–H groups in total. The van der Waals surface area contributed by atoms with Crippen molar-refractivity contribution in [1.29, 1.82) is 0 Å². The van der Waals surface area contributed by atoms with E-state index in [0.717, 1.165) is 74.3 Å². The number of rotatable bonds is 9. The van der Waals surface area contributed by atoms with Gasteiger partial charge in [0.15, 0.2) is 5.96 Å². The van der Waals surface area contributed by atoms with Crippen LogP contribution in [0, 0.1) is 5.92 Å². The molecule has 0 bridgehead atoms. The van der Waals surface area contributed by atoms with E-state index in [1.807, 2.05) is 19.1 Å². The lowest BCUT2D eigenvalue weighted by atomic mass is 10.1. The molecule has 2 unspecified atom stereocenters. The molecule has 0 amide bonds. The highest BCUT2D eigenvalue weighted by atomic mass is 127. The Morgan fingerprint density at radius 3 is 2.94 bits per heavy atom. The van der Waals surface area contributed by atoms with Gasteiger partial charge in [0.05, 0.1) is 26.0 Å². The maximum atomic E-state index is 5.95. The van der Waals surface area contributed by atoms with Crippen molar-refractivity contribution in [2.75, 3.05) is 32.9 Å². The van der Waals surface area contributed by atoms with Crippen molar-refractivity contribution < 1.29 is 18.6 Å². The van der Waals surface area contributed by atoms with Crippen LogP contribution in [0.5, 0.6) is 11.5 Å². The van der Waals surface area contributed by atoms with Gasteiger partial charge in [0.1, 0.15) is 23.4 Å². The molecule has 0 radical (unpaired) electrons. The molecule has 0 aliphatic carbocycles. The molecule has 4 rings (SSSR count). The number of nitrogens with one attached hydrogen (secondary N) is 2. The summed E-state index contributed by atoms with van der Waals surface area (Å²) in [5, 5.41) is 6.91. The normalized spacial score (nSPS) is 19.8. The van der Waals surface area contributed by atoms with Gasteiger partial charge in [0.2, 0.25) is 0 Å². The average molecular weight is 555 g/mol. The lowest BCUT2D eigenvalue weighted by molar-refractivity contribution is 0.186. The Bertz CT molecular complexity index is 866. The summed E-state index contributed by atoms with van der Waals surface area (Å²) in [5.74, 6) is 4.10. The Morgan fingerprint density at radius 2 is 2.19 bits per heavy atom. The maximum Gasteiger partial charge on any atom is 0.191 e. The third-order valence-electron chi connectivity index (χ3n) is 5.61. The summed E-state index contributed by atoms with van der Waals surface area (Å²) in [5.41, 5.74) is 2.24. The zero-order chi connectivity index (χ0) is 21.5. The van der Waals surface area contributed by atoms with E-state index in [-0.39, 0.29) is 30.1 Å². The molecule has 0 spiro atoms. The van der Waals surface area contributed by atoms with Crippen molar-refractivity contribution in [2.24, 2.45) is 10.9 Å². The van der Waals surface area contributed by atoms with Gasteiger partial charge in [-0.1, -0.05) is 0 Å². The lowest BCUT2D eigenvalue weighted by Gasteiger charge is -2.16. The number of aliphatic imine (C=N–C) groups is 1.